The molecule has 2 aromatic heterocycles. The number of unbranched alkanes of at least 4 members (excludes halogenated alkanes) is 1. The fourth-order valence-electron chi connectivity index (χ4n) is 8.57. The fourth-order valence-corrected chi connectivity index (χ4v) is 8.73. The monoisotopic (exact) mass is 658 g/mol. The average molecular weight is 659 g/mol. The van der Waals surface area contributed by atoms with E-state index in [9.17, 15) is 0 Å². The summed E-state index contributed by atoms with van der Waals surface area (Å²) in [5, 5.41) is 10.9. The van der Waals surface area contributed by atoms with E-state index in [4.69, 9.17) is 27.1 Å². The minimum absolute atomic E-state index is 0.146. The summed E-state index contributed by atoms with van der Waals surface area (Å²) in [5.41, 5.74) is 18.8. The highest BCUT2D eigenvalue weighted by Gasteiger charge is 2.34. The lowest BCUT2D eigenvalue weighted by Crippen LogP contribution is -2.36. The number of benzene rings is 3. The number of nitrogen functional groups attached to an aromatic ring is 1. The number of rotatable bonds is 9. The van der Waals surface area contributed by atoms with Gasteiger partial charge < -0.3 is 10.5 Å². The topological polar surface area (TPSA) is 82.1 Å². The van der Waals surface area contributed by atoms with E-state index in [-0.39, 0.29) is 6.04 Å². The minimum Gasteiger partial charge on any atom is -0.496 e. The number of allylic oxidation sites excluding steroid dienone is 2. The minimum atomic E-state index is 0.146. The summed E-state index contributed by atoms with van der Waals surface area (Å²) < 4.78 is 7.76. The first-order chi connectivity index (χ1) is 23.4. The van der Waals surface area contributed by atoms with Gasteiger partial charge in [-0.25, -0.2) is 0 Å². The Morgan fingerprint density at radius 2 is 1.92 bits per heavy atom. The first-order valence-corrected chi connectivity index (χ1v) is 17.7. The zero-order chi connectivity index (χ0) is 32.8. The van der Waals surface area contributed by atoms with Crippen LogP contribution in [-0.4, -0.2) is 38.5 Å². The van der Waals surface area contributed by atoms with Crippen molar-refractivity contribution in [2.75, 3.05) is 19.4 Å². The summed E-state index contributed by atoms with van der Waals surface area (Å²) in [6, 6.07) is 21.4. The highest BCUT2D eigenvalue weighted by molar-refractivity contribution is 6.31. The summed E-state index contributed by atoms with van der Waals surface area (Å²) in [5.74, 6) is 1.94. The molecule has 8 heteroatoms. The number of aromatic nitrogens is 4. The van der Waals surface area contributed by atoms with E-state index in [1.54, 1.807) is 12.7 Å². The smallest absolute Gasteiger partial charge is 0.122 e. The number of aryl methyl sites for hydroxylation is 2. The van der Waals surface area contributed by atoms with Crippen molar-refractivity contribution in [2.24, 2.45) is 5.92 Å². The first kappa shape index (κ1) is 31.1. The Balaban J connectivity index is 0.898. The Morgan fingerprint density at radius 1 is 1.04 bits per heavy atom. The molecule has 3 unspecified atom stereocenters. The average Bonchev–Trinajstić information content (AvgIpc) is 3.53. The van der Waals surface area contributed by atoms with Crippen molar-refractivity contribution in [2.45, 2.75) is 76.9 Å². The lowest BCUT2D eigenvalue weighted by atomic mass is 9.70. The van der Waals surface area contributed by atoms with Crippen molar-refractivity contribution in [3.63, 3.8) is 0 Å². The molecule has 3 heterocycles. The van der Waals surface area contributed by atoms with E-state index in [1.165, 1.54) is 39.9 Å². The third-order valence-corrected chi connectivity index (χ3v) is 11.0. The van der Waals surface area contributed by atoms with E-state index >= 15 is 0 Å². The number of pyridine rings is 1. The molecule has 2 N–H and O–H groups in total. The van der Waals surface area contributed by atoms with Crippen LogP contribution in [-0.2, 0) is 25.9 Å². The van der Waals surface area contributed by atoms with E-state index < -0.39 is 0 Å². The van der Waals surface area contributed by atoms with Crippen LogP contribution in [0.5, 0.6) is 5.75 Å². The predicted molar refractivity (Wildman–Crippen MR) is 192 cm³/mol. The van der Waals surface area contributed by atoms with Gasteiger partial charge in [0, 0.05) is 53.2 Å². The molecule has 0 spiro atoms. The number of hydrogen-bond donors (Lipinski definition) is 1. The number of fused-ring (bicyclic) bond motifs is 6. The van der Waals surface area contributed by atoms with Gasteiger partial charge in [-0.3, -0.25) is 14.6 Å². The van der Waals surface area contributed by atoms with E-state index in [0.717, 1.165) is 86.2 Å². The first-order valence-electron chi connectivity index (χ1n) is 17.4. The third-order valence-electron chi connectivity index (χ3n) is 10.7. The maximum Gasteiger partial charge on any atom is 0.122 e. The molecule has 246 valence electrons. The molecule has 3 atom stereocenters. The molecule has 2 bridgehead atoms. The van der Waals surface area contributed by atoms with Gasteiger partial charge in [0.05, 0.1) is 24.4 Å². The largest absolute Gasteiger partial charge is 0.496 e. The molecular formula is C40H43ClN6O. The maximum absolute atomic E-state index is 6.77. The van der Waals surface area contributed by atoms with Gasteiger partial charge in [0.2, 0.25) is 0 Å². The van der Waals surface area contributed by atoms with E-state index in [1.807, 2.05) is 22.9 Å². The molecule has 0 fully saturated rings. The van der Waals surface area contributed by atoms with Gasteiger partial charge in [0.15, 0.2) is 0 Å². The summed E-state index contributed by atoms with van der Waals surface area (Å²) in [4.78, 5) is 7.55. The number of methoxy groups -OCH3 is 1. The molecule has 0 radical (unpaired) electrons. The fraction of sp³-hybridized carbons (Fsp3) is 0.375. The van der Waals surface area contributed by atoms with Crippen molar-refractivity contribution >= 4 is 28.2 Å². The molecule has 1 aliphatic heterocycles. The zero-order valence-corrected chi connectivity index (χ0v) is 28.6. The van der Waals surface area contributed by atoms with Gasteiger partial charge in [0.1, 0.15) is 5.75 Å². The van der Waals surface area contributed by atoms with Crippen LogP contribution in [0.25, 0.3) is 10.9 Å². The Kier molecular flexibility index (Phi) is 8.43. The highest BCUT2D eigenvalue weighted by Crippen LogP contribution is 2.47. The van der Waals surface area contributed by atoms with Gasteiger partial charge in [-0.1, -0.05) is 64.9 Å². The second kappa shape index (κ2) is 13.0. The standard InChI is InChI=1S/C40H43ClN6O/c1-25-16-29-13-15-46(40(28-9-4-3-5-10-28)34(29)22-37(25)48-2)23-32-24-47(45-44-32)14-7-6-8-26-17-27-19-30(18-26)38-36(20-27)43-35-21-31(41)11-12-33(35)39(38)42/h3-5,9-12,16-17,21-22,24,27,30,40H,6-8,13-15,18-20,23H2,1-2H3,(H2,42,43). The summed E-state index contributed by atoms with van der Waals surface area (Å²) in [6.07, 6.45) is 12.2. The molecular weight excluding hydrogens is 616 g/mol. The van der Waals surface area contributed by atoms with Crippen LogP contribution in [0.4, 0.5) is 5.69 Å². The zero-order valence-electron chi connectivity index (χ0n) is 27.8. The molecule has 0 saturated heterocycles. The summed E-state index contributed by atoms with van der Waals surface area (Å²) >= 11 is 6.26. The Bertz CT molecular complexity index is 2000. The number of nitrogens with two attached hydrogens (primary N) is 1. The maximum atomic E-state index is 6.77. The van der Waals surface area contributed by atoms with Crippen molar-refractivity contribution in [3.05, 3.63) is 123 Å². The Hall–Kier alpha value is -4.20. The van der Waals surface area contributed by atoms with E-state index in [2.05, 4.69) is 76.9 Å². The van der Waals surface area contributed by atoms with Crippen molar-refractivity contribution in [3.8, 4) is 5.75 Å². The van der Waals surface area contributed by atoms with Gasteiger partial charge >= 0.3 is 0 Å². The number of halogens is 1. The molecule has 3 aliphatic rings. The number of hydrogen-bond acceptors (Lipinski definition) is 6. The highest BCUT2D eigenvalue weighted by atomic mass is 35.5. The third kappa shape index (κ3) is 5.99. The number of ether oxygens (including phenoxy) is 1. The van der Waals surface area contributed by atoms with Crippen LogP contribution in [0.1, 0.15) is 83.3 Å². The SMILES string of the molecule is COc1cc2c(cc1C)CCN(Cc1cn(CCCCC3=CC4Cc5nc6cc(Cl)ccc6c(N)c5C(C3)C4)nn1)C2c1ccccc1. The summed E-state index contributed by atoms with van der Waals surface area (Å²) in [6.45, 7) is 4.73. The van der Waals surface area contributed by atoms with Crippen molar-refractivity contribution in [1.29, 1.82) is 0 Å². The molecule has 7 nitrogen and oxygen atoms in total. The Morgan fingerprint density at radius 3 is 2.77 bits per heavy atom. The number of anilines is 1. The Labute approximate surface area is 287 Å². The quantitative estimate of drug-likeness (QED) is 0.127. The number of nitrogens with zero attached hydrogens (tertiary/aromatic N) is 5. The molecule has 48 heavy (non-hydrogen) atoms. The van der Waals surface area contributed by atoms with E-state index in [0.29, 0.717) is 16.9 Å². The van der Waals surface area contributed by atoms with Crippen LogP contribution >= 0.6 is 11.6 Å². The lowest BCUT2D eigenvalue weighted by Gasteiger charge is -2.37. The van der Waals surface area contributed by atoms with Crippen LogP contribution in [0, 0.1) is 12.8 Å². The van der Waals surface area contributed by atoms with Crippen LogP contribution in [0.15, 0.2) is 78.5 Å². The molecule has 2 aliphatic carbocycles. The van der Waals surface area contributed by atoms with Crippen molar-refractivity contribution < 1.29 is 4.74 Å². The van der Waals surface area contributed by atoms with Gasteiger partial charge in [-0.2, -0.15) is 0 Å². The lowest BCUT2D eigenvalue weighted by molar-refractivity contribution is 0.201. The second-order valence-corrected chi connectivity index (χ2v) is 14.4. The molecule has 5 aromatic rings. The molecule has 3 aromatic carbocycles. The van der Waals surface area contributed by atoms with Crippen LogP contribution < -0.4 is 10.5 Å². The molecule has 8 rings (SSSR count). The molecule has 0 saturated carbocycles. The van der Waals surface area contributed by atoms with Gasteiger partial charge in [-0.05, 0) is 110 Å². The van der Waals surface area contributed by atoms with Crippen molar-refractivity contribution in [1.82, 2.24) is 24.9 Å². The predicted octanol–water partition coefficient (Wildman–Crippen LogP) is 8.37. The van der Waals surface area contributed by atoms with Crippen LogP contribution in [0.3, 0.4) is 0 Å². The molecule has 0 amide bonds. The normalized spacial score (nSPS) is 20.3. The van der Waals surface area contributed by atoms with Gasteiger partial charge in [0.25, 0.3) is 0 Å². The van der Waals surface area contributed by atoms with Crippen LogP contribution in [0.2, 0.25) is 5.02 Å². The summed E-state index contributed by atoms with van der Waals surface area (Å²) in [7, 11) is 1.76. The van der Waals surface area contributed by atoms with Gasteiger partial charge in [-0.15, -0.1) is 5.10 Å². The second-order valence-electron chi connectivity index (χ2n) is 14.0.